The number of aliphatic carboxylic acids is 1. The molecule has 6 heteroatoms. The second-order valence-corrected chi connectivity index (χ2v) is 6.52. The van der Waals surface area contributed by atoms with Gasteiger partial charge in [0.05, 0.1) is 13.0 Å². The van der Waals surface area contributed by atoms with Crippen molar-refractivity contribution in [3.63, 3.8) is 0 Å². The third-order valence-electron chi connectivity index (χ3n) is 4.98. The Morgan fingerprint density at radius 2 is 1.88 bits per heavy atom. The average Bonchev–Trinajstić information content (AvgIpc) is 2.65. The summed E-state index contributed by atoms with van der Waals surface area (Å²) in [4.78, 5) is 24.2. The summed E-state index contributed by atoms with van der Waals surface area (Å²) in [5, 5.41) is 12.3. The average molecular weight is 349 g/mol. The summed E-state index contributed by atoms with van der Waals surface area (Å²) in [6.07, 6.45) is 4.65. The van der Waals surface area contributed by atoms with Crippen LogP contribution in [0.25, 0.3) is 0 Å². The first kappa shape index (κ1) is 19.2. The highest BCUT2D eigenvalue weighted by Gasteiger charge is 2.39. The van der Waals surface area contributed by atoms with Crippen LogP contribution < -0.4 is 10.1 Å². The molecule has 1 fully saturated rings. The molecule has 1 aromatic rings. The van der Waals surface area contributed by atoms with Crippen molar-refractivity contribution in [1.82, 2.24) is 5.32 Å². The SMILES string of the molecule is COc1ccccc1CC(CNC(=O)C1(OC)CCCCC1)C(=O)O. The standard InChI is InChI=1S/C19H27NO5/c1-24-16-9-5-4-8-14(16)12-15(17(21)22)13-20-18(23)19(25-2)10-6-3-7-11-19/h4-5,8-9,15H,3,6-7,10-13H2,1-2H3,(H,20,23)(H,21,22). The van der Waals surface area contributed by atoms with Crippen molar-refractivity contribution < 1.29 is 24.2 Å². The Morgan fingerprint density at radius 3 is 2.48 bits per heavy atom. The highest BCUT2D eigenvalue weighted by atomic mass is 16.5. The lowest BCUT2D eigenvalue weighted by Gasteiger charge is -2.34. The fourth-order valence-electron chi connectivity index (χ4n) is 3.41. The van der Waals surface area contributed by atoms with Crippen LogP contribution in [0.3, 0.4) is 0 Å². The van der Waals surface area contributed by atoms with E-state index in [2.05, 4.69) is 5.32 Å². The molecular formula is C19H27NO5. The molecule has 2 rings (SSSR count). The summed E-state index contributed by atoms with van der Waals surface area (Å²) in [5.74, 6) is -1.22. The Bertz CT molecular complexity index is 595. The van der Waals surface area contributed by atoms with Gasteiger partial charge in [-0.05, 0) is 30.9 Å². The Morgan fingerprint density at radius 1 is 1.20 bits per heavy atom. The summed E-state index contributed by atoms with van der Waals surface area (Å²) in [5.41, 5.74) is -0.00285. The van der Waals surface area contributed by atoms with E-state index >= 15 is 0 Å². The number of amides is 1. The van der Waals surface area contributed by atoms with Gasteiger partial charge in [0.25, 0.3) is 5.91 Å². The van der Waals surface area contributed by atoms with Crippen molar-refractivity contribution in [2.24, 2.45) is 5.92 Å². The molecule has 1 unspecified atom stereocenters. The van der Waals surface area contributed by atoms with Gasteiger partial charge in [-0.3, -0.25) is 9.59 Å². The molecule has 1 saturated carbocycles. The molecule has 0 saturated heterocycles. The highest BCUT2D eigenvalue weighted by molar-refractivity contribution is 5.85. The largest absolute Gasteiger partial charge is 0.496 e. The van der Waals surface area contributed by atoms with Crippen LogP contribution >= 0.6 is 0 Å². The molecule has 1 atom stereocenters. The molecule has 138 valence electrons. The third-order valence-corrected chi connectivity index (χ3v) is 4.98. The second kappa shape index (κ2) is 8.85. The van der Waals surface area contributed by atoms with Crippen molar-refractivity contribution in [3.8, 4) is 5.75 Å². The van der Waals surface area contributed by atoms with Gasteiger partial charge in [-0.2, -0.15) is 0 Å². The van der Waals surface area contributed by atoms with Crippen molar-refractivity contribution in [3.05, 3.63) is 29.8 Å². The molecule has 1 amide bonds. The van der Waals surface area contributed by atoms with Gasteiger partial charge in [-0.1, -0.05) is 37.5 Å². The van der Waals surface area contributed by atoms with E-state index < -0.39 is 17.5 Å². The molecule has 0 spiro atoms. The molecule has 1 aliphatic rings. The zero-order valence-corrected chi connectivity index (χ0v) is 14.9. The van der Waals surface area contributed by atoms with E-state index in [0.29, 0.717) is 25.0 Å². The van der Waals surface area contributed by atoms with Gasteiger partial charge in [0.1, 0.15) is 11.4 Å². The van der Waals surface area contributed by atoms with Gasteiger partial charge >= 0.3 is 5.97 Å². The van der Waals surface area contributed by atoms with Gasteiger partial charge in [-0.25, -0.2) is 0 Å². The molecule has 1 aromatic carbocycles. The molecule has 1 aliphatic carbocycles. The monoisotopic (exact) mass is 349 g/mol. The minimum absolute atomic E-state index is 0.0668. The minimum Gasteiger partial charge on any atom is -0.496 e. The number of methoxy groups -OCH3 is 2. The van der Waals surface area contributed by atoms with Crippen LogP contribution in [-0.4, -0.2) is 43.3 Å². The number of carbonyl (C=O) groups excluding carboxylic acids is 1. The van der Waals surface area contributed by atoms with E-state index in [1.807, 2.05) is 18.2 Å². The van der Waals surface area contributed by atoms with Gasteiger partial charge < -0.3 is 19.9 Å². The lowest BCUT2D eigenvalue weighted by atomic mass is 9.83. The zero-order chi connectivity index (χ0) is 18.3. The molecular weight excluding hydrogens is 322 g/mol. The van der Waals surface area contributed by atoms with Crippen LogP contribution in [0.4, 0.5) is 0 Å². The Hall–Kier alpha value is -2.08. The normalized spacial score (nSPS) is 17.5. The number of carbonyl (C=O) groups is 2. The number of hydrogen-bond donors (Lipinski definition) is 2. The smallest absolute Gasteiger partial charge is 0.308 e. The van der Waals surface area contributed by atoms with E-state index in [-0.39, 0.29) is 12.5 Å². The predicted molar refractivity (Wildman–Crippen MR) is 93.7 cm³/mol. The summed E-state index contributed by atoms with van der Waals surface area (Å²) in [6, 6.07) is 7.33. The second-order valence-electron chi connectivity index (χ2n) is 6.52. The number of benzene rings is 1. The molecule has 2 N–H and O–H groups in total. The summed E-state index contributed by atoms with van der Waals surface area (Å²) >= 11 is 0. The number of rotatable bonds is 8. The number of para-hydroxylation sites is 1. The van der Waals surface area contributed by atoms with Gasteiger partial charge in [-0.15, -0.1) is 0 Å². The van der Waals surface area contributed by atoms with Crippen LogP contribution in [0.15, 0.2) is 24.3 Å². The molecule has 6 nitrogen and oxygen atoms in total. The van der Waals surface area contributed by atoms with E-state index in [1.54, 1.807) is 20.3 Å². The fraction of sp³-hybridized carbons (Fsp3) is 0.579. The van der Waals surface area contributed by atoms with E-state index in [1.165, 1.54) is 0 Å². The van der Waals surface area contributed by atoms with E-state index in [4.69, 9.17) is 9.47 Å². The van der Waals surface area contributed by atoms with E-state index in [9.17, 15) is 14.7 Å². The van der Waals surface area contributed by atoms with Crippen LogP contribution in [0, 0.1) is 5.92 Å². The number of ether oxygens (including phenoxy) is 2. The molecule has 25 heavy (non-hydrogen) atoms. The first-order valence-corrected chi connectivity index (χ1v) is 8.70. The van der Waals surface area contributed by atoms with Crippen molar-refractivity contribution in [2.75, 3.05) is 20.8 Å². The first-order chi connectivity index (χ1) is 12.0. The molecule has 0 radical (unpaired) electrons. The van der Waals surface area contributed by atoms with Crippen molar-refractivity contribution >= 4 is 11.9 Å². The van der Waals surface area contributed by atoms with Gasteiger partial charge in [0.15, 0.2) is 0 Å². The maximum absolute atomic E-state index is 12.6. The maximum atomic E-state index is 12.6. The summed E-state index contributed by atoms with van der Waals surface area (Å²) in [7, 11) is 3.11. The third kappa shape index (κ3) is 4.72. The molecule has 0 heterocycles. The van der Waals surface area contributed by atoms with Crippen LogP contribution in [0.2, 0.25) is 0 Å². The summed E-state index contributed by atoms with van der Waals surface area (Å²) < 4.78 is 10.8. The number of carboxylic acid groups (broad SMARTS) is 1. The zero-order valence-electron chi connectivity index (χ0n) is 14.9. The van der Waals surface area contributed by atoms with E-state index in [0.717, 1.165) is 24.8 Å². The maximum Gasteiger partial charge on any atom is 0.308 e. The molecule has 0 bridgehead atoms. The lowest BCUT2D eigenvalue weighted by molar-refractivity contribution is -0.148. The predicted octanol–water partition coefficient (Wildman–Crippen LogP) is 2.40. The van der Waals surface area contributed by atoms with Crippen LogP contribution in [0.1, 0.15) is 37.7 Å². The topological polar surface area (TPSA) is 84.9 Å². The summed E-state index contributed by atoms with van der Waals surface area (Å²) in [6.45, 7) is 0.0668. The Balaban J connectivity index is 2.02. The van der Waals surface area contributed by atoms with Gasteiger partial charge in [0.2, 0.25) is 0 Å². The molecule has 0 aliphatic heterocycles. The van der Waals surface area contributed by atoms with Crippen LogP contribution in [0.5, 0.6) is 5.75 Å². The quantitative estimate of drug-likeness (QED) is 0.753. The number of hydrogen-bond acceptors (Lipinski definition) is 4. The van der Waals surface area contributed by atoms with Crippen molar-refractivity contribution in [2.45, 2.75) is 44.1 Å². The number of carboxylic acids is 1. The van der Waals surface area contributed by atoms with Gasteiger partial charge in [0, 0.05) is 13.7 Å². The highest BCUT2D eigenvalue weighted by Crippen LogP contribution is 2.31. The lowest BCUT2D eigenvalue weighted by Crippen LogP contribution is -2.51. The first-order valence-electron chi connectivity index (χ1n) is 8.70. The minimum atomic E-state index is -0.943. The fourth-order valence-corrected chi connectivity index (χ4v) is 3.41. The Kier molecular flexibility index (Phi) is 6.82. The van der Waals surface area contributed by atoms with Crippen molar-refractivity contribution in [1.29, 1.82) is 0 Å². The van der Waals surface area contributed by atoms with Crippen LogP contribution in [-0.2, 0) is 20.7 Å². The number of nitrogens with one attached hydrogen (secondary N) is 1. The molecule has 0 aromatic heterocycles. The Labute approximate surface area is 148 Å².